The molecule has 3 aliphatic rings. The van der Waals surface area contributed by atoms with Gasteiger partial charge in [-0.1, -0.05) is 12.1 Å². The van der Waals surface area contributed by atoms with E-state index in [1.807, 2.05) is 0 Å². The van der Waals surface area contributed by atoms with Crippen molar-refractivity contribution in [2.45, 2.75) is 54.9 Å². The molecule has 1 aromatic heterocycles. The van der Waals surface area contributed by atoms with Gasteiger partial charge in [0.15, 0.2) is 0 Å². The van der Waals surface area contributed by atoms with Crippen LogP contribution in [0, 0.1) is 5.92 Å². The second-order valence-corrected chi connectivity index (χ2v) is 10.8. The summed E-state index contributed by atoms with van der Waals surface area (Å²) in [6, 6.07) is 5.41. The van der Waals surface area contributed by atoms with Crippen molar-refractivity contribution in [1.29, 1.82) is 0 Å². The average molecular weight is 419 g/mol. The molecule has 0 aliphatic heterocycles. The van der Waals surface area contributed by atoms with Gasteiger partial charge in [-0.05, 0) is 72.2 Å². The molecular weight excluding hydrogens is 396 g/mol. The zero-order valence-electron chi connectivity index (χ0n) is 15.3. The smallest absolute Gasteiger partial charge is 0.252 e. The number of sulfonamides is 1. The second kappa shape index (κ2) is 6.38. The van der Waals surface area contributed by atoms with Gasteiger partial charge in [-0.3, -0.25) is 4.79 Å². The Balaban J connectivity index is 1.36. The molecule has 1 amide bonds. The number of anilines is 1. The van der Waals surface area contributed by atoms with Crippen LogP contribution in [-0.2, 0) is 40.5 Å². The van der Waals surface area contributed by atoms with Crippen LogP contribution >= 0.6 is 11.3 Å². The summed E-state index contributed by atoms with van der Waals surface area (Å²) in [4.78, 5) is 12.9. The van der Waals surface area contributed by atoms with E-state index in [1.54, 1.807) is 11.4 Å². The van der Waals surface area contributed by atoms with E-state index < -0.39 is 21.7 Å². The molecule has 3 aliphatic carbocycles. The number of aryl methyl sites for hydroxylation is 2. The zero-order valence-corrected chi connectivity index (χ0v) is 17.0. The van der Waals surface area contributed by atoms with Crippen LogP contribution in [0.5, 0.6) is 0 Å². The summed E-state index contributed by atoms with van der Waals surface area (Å²) in [5.41, 5.74) is 4.28. The maximum absolute atomic E-state index is 12.9. The predicted molar refractivity (Wildman–Crippen MR) is 107 cm³/mol. The quantitative estimate of drug-likeness (QED) is 0.650. The Bertz CT molecular complexity index is 1030. The van der Waals surface area contributed by atoms with Crippen molar-refractivity contribution in [1.82, 2.24) is 4.72 Å². The summed E-state index contributed by atoms with van der Waals surface area (Å²) < 4.78 is 27.2. The van der Waals surface area contributed by atoms with Gasteiger partial charge < -0.3 is 10.4 Å². The Hall–Kier alpha value is -1.74. The minimum absolute atomic E-state index is 0.0840. The fraction of sp³-hybridized carbons (Fsp3) is 0.450. The lowest BCUT2D eigenvalue weighted by molar-refractivity contribution is -0.118. The largest absolute Gasteiger partial charge is 0.374 e. The lowest BCUT2D eigenvalue weighted by Crippen LogP contribution is -2.40. The Morgan fingerprint density at radius 3 is 2.43 bits per heavy atom. The van der Waals surface area contributed by atoms with Gasteiger partial charge in [0, 0.05) is 12.1 Å². The van der Waals surface area contributed by atoms with Crippen LogP contribution < -0.4 is 10.0 Å². The van der Waals surface area contributed by atoms with Gasteiger partial charge in [-0.15, -0.1) is 11.3 Å². The number of aliphatic hydroxyl groups is 1. The number of benzene rings is 1. The second-order valence-electron chi connectivity index (χ2n) is 7.94. The molecule has 0 saturated heterocycles. The van der Waals surface area contributed by atoms with E-state index in [2.05, 4.69) is 16.1 Å². The number of nitrogens with one attached hydrogen (secondary N) is 2. The predicted octanol–water partition coefficient (Wildman–Crippen LogP) is 2.35. The van der Waals surface area contributed by atoms with Crippen molar-refractivity contribution in [2.75, 3.05) is 5.32 Å². The van der Waals surface area contributed by atoms with Gasteiger partial charge in [0.1, 0.15) is 9.93 Å². The van der Waals surface area contributed by atoms with Crippen molar-refractivity contribution >= 4 is 33.0 Å². The number of fused-ring (bicyclic) bond motifs is 2. The topological polar surface area (TPSA) is 95.5 Å². The van der Waals surface area contributed by atoms with E-state index in [4.69, 9.17) is 0 Å². The molecule has 1 heterocycles. The fourth-order valence-electron chi connectivity index (χ4n) is 4.55. The molecule has 28 heavy (non-hydrogen) atoms. The van der Waals surface area contributed by atoms with Crippen molar-refractivity contribution in [3.8, 4) is 0 Å². The van der Waals surface area contributed by atoms with Crippen LogP contribution in [0.3, 0.4) is 0 Å². The number of rotatable bonds is 5. The van der Waals surface area contributed by atoms with Crippen molar-refractivity contribution in [2.24, 2.45) is 5.92 Å². The number of amides is 1. The number of carbonyl (C=O) groups excluding carboxylic acids is 1. The average Bonchev–Trinajstić information content (AvgIpc) is 3.18. The Kier molecular flexibility index (Phi) is 4.17. The first-order chi connectivity index (χ1) is 13.4. The van der Waals surface area contributed by atoms with Crippen LogP contribution in [0.15, 0.2) is 27.8 Å². The Labute approximate surface area is 168 Å². The molecule has 2 aromatic rings. The van der Waals surface area contributed by atoms with Crippen LogP contribution in [-0.4, -0.2) is 25.2 Å². The van der Waals surface area contributed by atoms with Crippen LogP contribution in [0.1, 0.15) is 41.5 Å². The number of hydrogen-bond donors (Lipinski definition) is 3. The maximum Gasteiger partial charge on any atom is 0.252 e. The summed E-state index contributed by atoms with van der Waals surface area (Å²) in [7, 11) is -3.83. The molecule has 2 atom stereocenters. The third-order valence-electron chi connectivity index (χ3n) is 6.04. The highest BCUT2D eigenvalue weighted by molar-refractivity contribution is 7.91. The molecule has 1 aromatic carbocycles. The summed E-state index contributed by atoms with van der Waals surface area (Å²) in [6.45, 7) is 0. The van der Waals surface area contributed by atoms with E-state index in [-0.39, 0.29) is 16.5 Å². The van der Waals surface area contributed by atoms with Gasteiger partial charge in [0.25, 0.3) is 10.0 Å². The molecule has 0 spiro atoms. The zero-order chi connectivity index (χ0) is 19.5. The first-order valence-corrected chi connectivity index (χ1v) is 12.0. The standard InChI is InChI=1S/C20H22N2O4S2/c23-19(16-11-20(16,24)22-28(25,26)17-8-3-9-27-17)21-18-14-6-1-4-12(14)10-13-5-2-7-15(13)18/h3,8-10,16,22,24H,1-2,4-7,11H2,(H,21,23). The highest BCUT2D eigenvalue weighted by Crippen LogP contribution is 2.45. The SMILES string of the molecule is O=C(Nc1c2c(cc3c1CCC3)CCC2)C1CC1(O)NS(=O)(=O)c1cccs1. The minimum Gasteiger partial charge on any atom is -0.374 e. The minimum atomic E-state index is -3.83. The van der Waals surface area contributed by atoms with E-state index in [1.165, 1.54) is 28.3 Å². The van der Waals surface area contributed by atoms with E-state index in [9.17, 15) is 18.3 Å². The summed E-state index contributed by atoms with van der Waals surface area (Å²) in [6.07, 6.45) is 6.26. The van der Waals surface area contributed by atoms with E-state index in [0.717, 1.165) is 55.5 Å². The normalized spacial score (nSPS) is 25.4. The number of thiophene rings is 1. The molecule has 3 N–H and O–H groups in total. The van der Waals surface area contributed by atoms with Gasteiger partial charge >= 0.3 is 0 Å². The molecule has 148 valence electrons. The monoisotopic (exact) mass is 418 g/mol. The van der Waals surface area contributed by atoms with Gasteiger partial charge in [0.05, 0.1) is 5.92 Å². The lowest BCUT2D eigenvalue weighted by atomic mass is 9.98. The Morgan fingerprint density at radius 1 is 1.14 bits per heavy atom. The van der Waals surface area contributed by atoms with Crippen molar-refractivity contribution in [3.63, 3.8) is 0 Å². The molecule has 2 unspecified atom stereocenters. The van der Waals surface area contributed by atoms with E-state index in [0.29, 0.717) is 0 Å². The van der Waals surface area contributed by atoms with E-state index >= 15 is 0 Å². The van der Waals surface area contributed by atoms with Gasteiger partial charge in [-0.2, -0.15) is 4.72 Å². The molecule has 1 fully saturated rings. The summed E-state index contributed by atoms with van der Waals surface area (Å²) in [5.74, 6) is -1.10. The van der Waals surface area contributed by atoms with Gasteiger partial charge in [-0.25, -0.2) is 8.42 Å². The third kappa shape index (κ3) is 2.99. The molecule has 0 bridgehead atoms. The van der Waals surface area contributed by atoms with Crippen molar-refractivity contribution < 1.29 is 18.3 Å². The van der Waals surface area contributed by atoms with Crippen LogP contribution in [0.4, 0.5) is 5.69 Å². The number of carbonyl (C=O) groups is 1. The molecule has 5 rings (SSSR count). The molecule has 8 heteroatoms. The molecule has 6 nitrogen and oxygen atoms in total. The molecule has 0 radical (unpaired) electrons. The Morgan fingerprint density at radius 2 is 1.82 bits per heavy atom. The summed E-state index contributed by atoms with van der Waals surface area (Å²) >= 11 is 1.08. The maximum atomic E-state index is 12.9. The lowest BCUT2D eigenvalue weighted by Gasteiger charge is -2.17. The number of hydrogen-bond acceptors (Lipinski definition) is 5. The fourth-order valence-corrected chi connectivity index (χ4v) is 6.85. The van der Waals surface area contributed by atoms with Crippen LogP contribution in [0.2, 0.25) is 0 Å². The van der Waals surface area contributed by atoms with Gasteiger partial charge in [0.2, 0.25) is 5.91 Å². The third-order valence-corrected chi connectivity index (χ3v) is 8.94. The first-order valence-electron chi connectivity index (χ1n) is 9.65. The van der Waals surface area contributed by atoms with Crippen LogP contribution in [0.25, 0.3) is 0 Å². The highest BCUT2D eigenvalue weighted by Gasteiger charge is 2.60. The molecule has 1 saturated carbocycles. The molecular formula is C20H22N2O4S2. The van der Waals surface area contributed by atoms with Crippen molar-refractivity contribution in [3.05, 3.63) is 45.8 Å². The highest BCUT2D eigenvalue weighted by atomic mass is 32.2. The first kappa shape index (κ1) is 18.3. The summed E-state index contributed by atoms with van der Waals surface area (Å²) in [5, 5.41) is 15.3.